The average Bonchev–Trinajstić information content (AvgIpc) is 2.76. The van der Waals surface area contributed by atoms with Crippen LogP contribution in [0.4, 0.5) is 4.39 Å². The molecule has 0 bridgehead atoms. The highest BCUT2D eigenvalue weighted by molar-refractivity contribution is 6.17. The van der Waals surface area contributed by atoms with E-state index in [-0.39, 0.29) is 18.2 Å². The molecule has 1 aromatic carbocycles. The van der Waals surface area contributed by atoms with Gasteiger partial charge >= 0.3 is 5.97 Å². The van der Waals surface area contributed by atoms with Crippen molar-refractivity contribution in [1.82, 2.24) is 9.55 Å². The van der Waals surface area contributed by atoms with E-state index in [0.29, 0.717) is 35.7 Å². The van der Waals surface area contributed by atoms with Crippen molar-refractivity contribution < 1.29 is 13.9 Å². The SMILES string of the molecule is COC(=O)CCn1c(CCCl)nc2c(F)cccc21. The lowest BCUT2D eigenvalue weighted by Gasteiger charge is -2.07. The highest BCUT2D eigenvalue weighted by atomic mass is 35.5. The van der Waals surface area contributed by atoms with Crippen LogP contribution < -0.4 is 0 Å². The standard InChI is InChI=1S/C13H14ClFN2O2/c1-19-12(18)6-8-17-10-4-2-3-9(15)13(10)16-11(17)5-7-14/h2-4H,5-8H2,1H3. The van der Waals surface area contributed by atoms with E-state index < -0.39 is 0 Å². The summed E-state index contributed by atoms with van der Waals surface area (Å²) in [5.41, 5.74) is 0.983. The fourth-order valence-corrected chi connectivity index (χ4v) is 2.16. The summed E-state index contributed by atoms with van der Waals surface area (Å²) >= 11 is 5.73. The van der Waals surface area contributed by atoms with Gasteiger partial charge in [0.2, 0.25) is 0 Å². The van der Waals surface area contributed by atoms with E-state index in [9.17, 15) is 9.18 Å². The Morgan fingerprint density at radius 2 is 2.32 bits per heavy atom. The molecule has 4 nitrogen and oxygen atoms in total. The number of imidazole rings is 1. The first-order valence-corrected chi connectivity index (χ1v) is 6.47. The number of carbonyl (C=O) groups excluding carboxylic acids is 1. The number of methoxy groups -OCH3 is 1. The van der Waals surface area contributed by atoms with Crippen molar-refractivity contribution in [3.8, 4) is 0 Å². The van der Waals surface area contributed by atoms with Gasteiger partial charge in [0.15, 0.2) is 5.82 Å². The van der Waals surface area contributed by atoms with Gasteiger partial charge in [-0.1, -0.05) is 6.07 Å². The number of halogens is 2. The van der Waals surface area contributed by atoms with Gasteiger partial charge in [-0.2, -0.15) is 0 Å². The molecule has 6 heteroatoms. The number of hydrogen-bond donors (Lipinski definition) is 0. The lowest BCUT2D eigenvalue weighted by molar-refractivity contribution is -0.140. The summed E-state index contributed by atoms with van der Waals surface area (Å²) in [6.07, 6.45) is 0.741. The molecule has 1 aromatic heterocycles. The Morgan fingerprint density at radius 3 is 3.00 bits per heavy atom. The fraction of sp³-hybridized carbons (Fsp3) is 0.385. The summed E-state index contributed by atoms with van der Waals surface area (Å²) in [6, 6.07) is 4.77. The van der Waals surface area contributed by atoms with E-state index in [4.69, 9.17) is 11.6 Å². The van der Waals surface area contributed by atoms with Crippen LogP contribution in [0.5, 0.6) is 0 Å². The van der Waals surface area contributed by atoms with Gasteiger partial charge in [0.25, 0.3) is 0 Å². The highest BCUT2D eigenvalue weighted by Crippen LogP contribution is 2.20. The van der Waals surface area contributed by atoms with Crippen molar-refractivity contribution in [3.05, 3.63) is 29.8 Å². The summed E-state index contributed by atoms with van der Waals surface area (Å²) < 4.78 is 20.1. The van der Waals surface area contributed by atoms with E-state index in [0.717, 1.165) is 0 Å². The molecule has 0 aliphatic heterocycles. The van der Waals surface area contributed by atoms with Crippen molar-refractivity contribution in [3.63, 3.8) is 0 Å². The first kappa shape index (κ1) is 13.8. The van der Waals surface area contributed by atoms with Crippen LogP contribution in [0.2, 0.25) is 0 Å². The van der Waals surface area contributed by atoms with E-state index in [1.54, 1.807) is 12.1 Å². The first-order chi connectivity index (χ1) is 9.17. The maximum atomic E-state index is 13.7. The quantitative estimate of drug-likeness (QED) is 0.626. The number of rotatable bonds is 5. The van der Waals surface area contributed by atoms with Gasteiger partial charge in [-0.05, 0) is 12.1 Å². The Labute approximate surface area is 115 Å². The second kappa shape index (κ2) is 6.02. The summed E-state index contributed by atoms with van der Waals surface area (Å²) in [4.78, 5) is 15.5. The topological polar surface area (TPSA) is 44.1 Å². The maximum Gasteiger partial charge on any atom is 0.307 e. The number of benzene rings is 1. The number of para-hydroxylation sites is 1. The summed E-state index contributed by atoms with van der Waals surface area (Å²) in [7, 11) is 1.34. The molecule has 0 unspecified atom stereocenters. The predicted octanol–water partition coefficient (Wildman–Crippen LogP) is 2.52. The van der Waals surface area contributed by atoms with Crippen LogP contribution in [-0.4, -0.2) is 28.5 Å². The van der Waals surface area contributed by atoms with Crippen LogP contribution in [0.3, 0.4) is 0 Å². The van der Waals surface area contributed by atoms with Crippen molar-refractivity contribution in [1.29, 1.82) is 0 Å². The molecule has 19 heavy (non-hydrogen) atoms. The van der Waals surface area contributed by atoms with Crippen LogP contribution in [-0.2, 0) is 22.5 Å². The largest absolute Gasteiger partial charge is 0.469 e. The van der Waals surface area contributed by atoms with Gasteiger partial charge in [-0.25, -0.2) is 9.37 Å². The molecule has 0 spiro atoms. The number of nitrogens with zero attached hydrogens (tertiary/aromatic N) is 2. The third-order valence-electron chi connectivity index (χ3n) is 2.89. The van der Waals surface area contributed by atoms with E-state index in [1.807, 2.05) is 4.57 Å². The lowest BCUT2D eigenvalue weighted by atomic mass is 10.3. The molecule has 0 aliphatic rings. The fourth-order valence-electron chi connectivity index (χ4n) is 1.99. The minimum absolute atomic E-state index is 0.216. The zero-order valence-electron chi connectivity index (χ0n) is 10.5. The van der Waals surface area contributed by atoms with Gasteiger partial charge < -0.3 is 9.30 Å². The number of hydrogen-bond acceptors (Lipinski definition) is 3. The van der Waals surface area contributed by atoms with Gasteiger partial charge in [0.05, 0.1) is 19.0 Å². The number of carbonyl (C=O) groups is 1. The minimum atomic E-state index is -0.370. The molecule has 2 aromatic rings. The maximum absolute atomic E-state index is 13.7. The monoisotopic (exact) mass is 284 g/mol. The van der Waals surface area contributed by atoms with Crippen molar-refractivity contribution in [2.45, 2.75) is 19.4 Å². The summed E-state index contributed by atoms with van der Waals surface area (Å²) in [5.74, 6) is 0.391. The molecule has 0 fully saturated rings. The third-order valence-corrected chi connectivity index (χ3v) is 3.08. The molecule has 0 saturated heterocycles. The molecule has 0 aliphatic carbocycles. The molecule has 0 radical (unpaired) electrons. The molecule has 0 saturated carbocycles. The van der Waals surface area contributed by atoms with Crippen LogP contribution in [0, 0.1) is 5.82 Å². The molecule has 0 N–H and O–H groups in total. The Morgan fingerprint density at radius 1 is 1.53 bits per heavy atom. The van der Waals surface area contributed by atoms with Gasteiger partial charge in [-0.15, -0.1) is 11.6 Å². The van der Waals surface area contributed by atoms with Crippen LogP contribution in [0.25, 0.3) is 11.0 Å². The highest BCUT2D eigenvalue weighted by Gasteiger charge is 2.14. The second-order valence-corrected chi connectivity index (χ2v) is 4.43. The average molecular weight is 285 g/mol. The normalized spacial score (nSPS) is 10.9. The summed E-state index contributed by atoms with van der Waals surface area (Å²) in [6.45, 7) is 0.402. The Kier molecular flexibility index (Phi) is 4.37. The molecule has 2 rings (SSSR count). The minimum Gasteiger partial charge on any atom is -0.469 e. The van der Waals surface area contributed by atoms with Crippen LogP contribution in [0.15, 0.2) is 18.2 Å². The molecule has 1 heterocycles. The van der Waals surface area contributed by atoms with E-state index in [2.05, 4.69) is 9.72 Å². The van der Waals surface area contributed by atoms with Crippen molar-refractivity contribution >= 4 is 28.6 Å². The molecular weight excluding hydrogens is 271 g/mol. The molecular formula is C13H14ClFN2O2. The van der Waals surface area contributed by atoms with Crippen LogP contribution in [0.1, 0.15) is 12.2 Å². The smallest absolute Gasteiger partial charge is 0.307 e. The van der Waals surface area contributed by atoms with Gasteiger partial charge in [0.1, 0.15) is 11.3 Å². The number of esters is 1. The predicted molar refractivity (Wildman–Crippen MR) is 70.7 cm³/mol. The van der Waals surface area contributed by atoms with Gasteiger partial charge in [-0.3, -0.25) is 4.79 Å². The Balaban J connectivity index is 2.40. The number of aryl methyl sites for hydroxylation is 2. The first-order valence-electron chi connectivity index (χ1n) is 5.93. The zero-order chi connectivity index (χ0) is 13.8. The molecule has 0 atom stereocenters. The Bertz CT molecular complexity index is 598. The number of alkyl halides is 1. The summed E-state index contributed by atoms with van der Waals surface area (Å²) in [5, 5.41) is 0. The number of aromatic nitrogens is 2. The lowest BCUT2D eigenvalue weighted by Crippen LogP contribution is -2.10. The molecule has 0 amide bonds. The zero-order valence-corrected chi connectivity index (χ0v) is 11.3. The van der Waals surface area contributed by atoms with E-state index >= 15 is 0 Å². The second-order valence-electron chi connectivity index (χ2n) is 4.05. The molecule has 102 valence electrons. The van der Waals surface area contributed by atoms with Crippen molar-refractivity contribution in [2.24, 2.45) is 0 Å². The number of ether oxygens (including phenoxy) is 1. The van der Waals surface area contributed by atoms with Gasteiger partial charge in [0, 0.05) is 18.8 Å². The van der Waals surface area contributed by atoms with Crippen molar-refractivity contribution in [2.75, 3.05) is 13.0 Å². The Hall–Kier alpha value is -1.62. The van der Waals surface area contributed by atoms with Crippen LogP contribution >= 0.6 is 11.6 Å². The third kappa shape index (κ3) is 2.87. The van der Waals surface area contributed by atoms with E-state index in [1.165, 1.54) is 13.2 Å². The number of fused-ring (bicyclic) bond motifs is 1.